The molecular formula is C16H13Cl2FN2O3. The van der Waals surface area contributed by atoms with Gasteiger partial charge in [0, 0.05) is 5.69 Å². The molecule has 5 nitrogen and oxygen atoms in total. The van der Waals surface area contributed by atoms with Gasteiger partial charge in [-0.05, 0) is 36.4 Å². The number of nitrogens with one attached hydrogen (secondary N) is 2. The van der Waals surface area contributed by atoms with Crippen molar-refractivity contribution in [1.82, 2.24) is 5.32 Å². The van der Waals surface area contributed by atoms with E-state index in [-0.39, 0.29) is 28.9 Å². The van der Waals surface area contributed by atoms with Crippen LogP contribution in [0.15, 0.2) is 42.5 Å². The Hall–Kier alpha value is -2.31. The molecule has 0 aliphatic carbocycles. The first-order valence-electron chi connectivity index (χ1n) is 6.84. The topological polar surface area (TPSA) is 67.4 Å². The lowest BCUT2D eigenvalue weighted by Crippen LogP contribution is -2.35. The molecular weight excluding hydrogens is 358 g/mol. The zero-order chi connectivity index (χ0) is 17.5. The van der Waals surface area contributed by atoms with E-state index in [4.69, 9.17) is 27.9 Å². The first kappa shape index (κ1) is 18.0. The third kappa shape index (κ3) is 5.40. The van der Waals surface area contributed by atoms with Crippen molar-refractivity contribution in [2.24, 2.45) is 0 Å². The summed E-state index contributed by atoms with van der Waals surface area (Å²) < 4.78 is 18.0. The Kier molecular flexibility index (Phi) is 6.40. The molecule has 0 spiro atoms. The van der Waals surface area contributed by atoms with Gasteiger partial charge in [-0.25, -0.2) is 4.39 Å². The molecule has 2 rings (SSSR count). The highest BCUT2D eigenvalue weighted by Crippen LogP contribution is 2.32. The molecule has 0 aliphatic rings. The molecule has 0 fully saturated rings. The second-order valence-corrected chi connectivity index (χ2v) is 5.49. The van der Waals surface area contributed by atoms with Crippen LogP contribution in [-0.2, 0) is 9.59 Å². The lowest BCUT2D eigenvalue weighted by molar-refractivity contribution is -0.125. The quantitative estimate of drug-likeness (QED) is 0.819. The monoisotopic (exact) mass is 370 g/mol. The number of halogens is 3. The number of ether oxygens (including phenoxy) is 1. The third-order valence-corrected chi connectivity index (χ3v) is 3.44. The molecule has 0 bridgehead atoms. The van der Waals surface area contributed by atoms with E-state index in [9.17, 15) is 14.0 Å². The SMILES string of the molecule is O=C(COc1c(Cl)cccc1Cl)NCC(=O)Nc1ccc(F)cc1. The average molecular weight is 371 g/mol. The first-order chi connectivity index (χ1) is 11.5. The van der Waals surface area contributed by atoms with E-state index in [1.807, 2.05) is 0 Å². The Morgan fingerprint density at radius 1 is 1.00 bits per heavy atom. The van der Waals surface area contributed by atoms with Crippen molar-refractivity contribution in [3.63, 3.8) is 0 Å². The molecule has 2 N–H and O–H groups in total. The van der Waals surface area contributed by atoms with Crippen molar-refractivity contribution >= 4 is 40.7 Å². The Balaban J connectivity index is 1.76. The van der Waals surface area contributed by atoms with E-state index in [1.165, 1.54) is 24.3 Å². The number of hydrogen-bond acceptors (Lipinski definition) is 3. The van der Waals surface area contributed by atoms with Crippen LogP contribution in [0.5, 0.6) is 5.75 Å². The van der Waals surface area contributed by atoms with Gasteiger partial charge in [0.15, 0.2) is 12.4 Å². The maximum Gasteiger partial charge on any atom is 0.258 e. The molecule has 0 saturated carbocycles. The van der Waals surface area contributed by atoms with Gasteiger partial charge in [0.2, 0.25) is 5.91 Å². The molecule has 24 heavy (non-hydrogen) atoms. The lowest BCUT2D eigenvalue weighted by atomic mass is 10.3. The van der Waals surface area contributed by atoms with Crippen molar-refractivity contribution < 1.29 is 18.7 Å². The molecule has 8 heteroatoms. The molecule has 0 heterocycles. The van der Waals surface area contributed by atoms with Crippen LogP contribution in [0, 0.1) is 5.82 Å². The summed E-state index contributed by atoms with van der Waals surface area (Å²) in [6.07, 6.45) is 0. The van der Waals surface area contributed by atoms with Gasteiger partial charge in [-0.2, -0.15) is 0 Å². The van der Waals surface area contributed by atoms with Crippen LogP contribution in [0.2, 0.25) is 10.0 Å². The molecule has 0 saturated heterocycles. The fourth-order valence-electron chi connectivity index (χ4n) is 1.73. The minimum Gasteiger partial charge on any atom is -0.481 e. The summed E-state index contributed by atoms with van der Waals surface area (Å²) in [5, 5.41) is 5.46. The number of carbonyl (C=O) groups is 2. The fraction of sp³-hybridized carbons (Fsp3) is 0.125. The molecule has 2 aromatic carbocycles. The number of hydrogen-bond donors (Lipinski definition) is 2. The molecule has 2 aromatic rings. The number of rotatable bonds is 6. The lowest BCUT2D eigenvalue weighted by Gasteiger charge is -2.10. The Bertz CT molecular complexity index is 718. The van der Waals surface area contributed by atoms with E-state index in [0.29, 0.717) is 5.69 Å². The van der Waals surface area contributed by atoms with Crippen molar-refractivity contribution in [1.29, 1.82) is 0 Å². The van der Waals surface area contributed by atoms with Crippen LogP contribution >= 0.6 is 23.2 Å². The van der Waals surface area contributed by atoms with Gasteiger partial charge in [0.05, 0.1) is 16.6 Å². The Labute approximate surface area is 147 Å². The van der Waals surface area contributed by atoms with Gasteiger partial charge in [0.1, 0.15) is 5.82 Å². The summed E-state index contributed by atoms with van der Waals surface area (Å²) in [7, 11) is 0. The van der Waals surface area contributed by atoms with Gasteiger partial charge in [-0.3, -0.25) is 9.59 Å². The Morgan fingerprint density at radius 2 is 1.62 bits per heavy atom. The summed E-state index contributed by atoms with van der Waals surface area (Å²) >= 11 is 11.8. The number of carbonyl (C=O) groups excluding carboxylic acids is 2. The van der Waals surface area contributed by atoms with Crippen LogP contribution in [0.3, 0.4) is 0 Å². The molecule has 126 valence electrons. The molecule has 0 aliphatic heterocycles. The highest BCUT2D eigenvalue weighted by atomic mass is 35.5. The standard InChI is InChI=1S/C16H13Cl2FN2O3/c17-12-2-1-3-13(18)16(12)24-9-15(23)20-8-14(22)21-11-6-4-10(19)5-7-11/h1-7H,8-9H2,(H,20,23)(H,21,22). The largest absolute Gasteiger partial charge is 0.481 e. The predicted molar refractivity (Wildman–Crippen MR) is 90.0 cm³/mol. The normalized spacial score (nSPS) is 10.1. The van der Waals surface area contributed by atoms with Crippen molar-refractivity contribution in [2.75, 3.05) is 18.5 Å². The van der Waals surface area contributed by atoms with Crippen molar-refractivity contribution in [2.45, 2.75) is 0 Å². The summed E-state index contributed by atoms with van der Waals surface area (Å²) in [5.41, 5.74) is 0.426. The Morgan fingerprint density at radius 3 is 2.25 bits per heavy atom. The number of anilines is 1. The summed E-state index contributed by atoms with van der Waals surface area (Å²) in [5.74, 6) is -1.17. The van der Waals surface area contributed by atoms with Gasteiger partial charge < -0.3 is 15.4 Å². The highest BCUT2D eigenvalue weighted by molar-refractivity contribution is 6.37. The fourth-order valence-corrected chi connectivity index (χ4v) is 2.23. The van der Waals surface area contributed by atoms with Gasteiger partial charge in [-0.15, -0.1) is 0 Å². The highest BCUT2D eigenvalue weighted by Gasteiger charge is 2.10. The van der Waals surface area contributed by atoms with Gasteiger partial charge in [0.25, 0.3) is 5.91 Å². The number of amides is 2. The number of benzene rings is 2. The van der Waals surface area contributed by atoms with Crippen LogP contribution in [-0.4, -0.2) is 25.0 Å². The summed E-state index contributed by atoms with van der Waals surface area (Å²) in [6.45, 7) is -0.594. The van der Waals surface area contributed by atoms with Crippen molar-refractivity contribution in [3.8, 4) is 5.75 Å². The molecule has 0 radical (unpaired) electrons. The van der Waals surface area contributed by atoms with Crippen LogP contribution in [0.4, 0.5) is 10.1 Å². The zero-order valence-corrected chi connectivity index (χ0v) is 13.8. The molecule has 2 amide bonds. The van der Waals surface area contributed by atoms with E-state index in [0.717, 1.165) is 0 Å². The van der Waals surface area contributed by atoms with Gasteiger partial charge in [-0.1, -0.05) is 29.3 Å². The zero-order valence-electron chi connectivity index (χ0n) is 12.3. The maximum absolute atomic E-state index is 12.8. The van der Waals surface area contributed by atoms with Crippen LogP contribution in [0.25, 0.3) is 0 Å². The molecule has 0 unspecified atom stereocenters. The average Bonchev–Trinajstić information content (AvgIpc) is 2.54. The molecule has 0 aromatic heterocycles. The second-order valence-electron chi connectivity index (χ2n) is 4.67. The summed E-state index contributed by atoms with van der Waals surface area (Å²) in [4.78, 5) is 23.4. The minimum absolute atomic E-state index is 0.201. The van der Waals surface area contributed by atoms with Gasteiger partial charge >= 0.3 is 0 Å². The molecule has 0 atom stereocenters. The van der Waals surface area contributed by atoms with E-state index in [1.54, 1.807) is 18.2 Å². The second kappa shape index (κ2) is 8.52. The summed E-state index contributed by atoms with van der Waals surface area (Å²) in [6, 6.07) is 10.1. The minimum atomic E-state index is -0.514. The first-order valence-corrected chi connectivity index (χ1v) is 7.60. The van der Waals surface area contributed by atoms with Crippen LogP contribution < -0.4 is 15.4 Å². The van der Waals surface area contributed by atoms with E-state index in [2.05, 4.69) is 10.6 Å². The third-order valence-electron chi connectivity index (χ3n) is 2.84. The number of para-hydroxylation sites is 1. The van der Waals surface area contributed by atoms with Crippen molar-refractivity contribution in [3.05, 3.63) is 58.3 Å². The van der Waals surface area contributed by atoms with Crippen LogP contribution in [0.1, 0.15) is 0 Å². The predicted octanol–water partition coefficient (Wildman–Crippen LogP) is 3.27. The maximum atomic E-state index is 12.8. The smallest absolute Gasteiger partial charge is 0.258 e. The van der Waals surface area contributed by atoms with E-state index < -0.39 is 17.6 Å². The van der Waals surface area contributed by atoms with E-state index >= 15 is 0 Å².